The summed E-state index contributed by atoms with van der Waals surface area (Å²) in [7, 11) is 1.62. The van der Waals surface area contributed by atoms with Gasteiger partial charge >= 0.3 is 0 Å². The van der Waals surface area contributed by atoms with Crippen molar-refractivity contribution in [3.63, 3.8) is 0 Å². The molecule has 1 aromatic carbocycles. The fraction of sp³-hybridized carbons (Fsp3) is 0.500. The first-order chi connectivity index (χ1) is 7.85. The number of Topliss-reactive ketones (excluding diaryl/α,β-unsaturated/α-hetero) is 1. The summed E-state index contributed by atoms with van der Waals surface area (Å²) < 4.78 is 18.5. The van der Waals surface area contributed by atoms with Crippen molar-refractivity contribution in [2.24, 2.45) is 0 Å². The molecule has 1 aromatic rings. The van der Waals surface area contributed by atoms with Gasteiger partial charge in [-0.25, -0.2) is 4.39 Å². The standard InChI is InChI=1S/C14H19FO2/c1-10-5-6-11(9-12(10)15)13(16)7-8-14(2,3)17-4/h5-6,9H,7-8H2,1-4H3. The van der Waals surface area contributed by atoms with E-state index in [1.54, 1.807) is 26.2 Å². The van der Waals surface area contributed by atoms with Crippen molar-refractivity contribution >= 4 is 5.78 Å². The van der Waals surface area contributed by atoms with E-state index in [0.717, 1.165) is 0 Å². The summed E-state index contributed by atoms with van der Waals surface area (Å²) in [5.41, 5.74) is 0.664. The predicted molar refractivity (Wildman–Crippen MR) is 65.8 cm³/mol. The monoisotopic (exact) mass is 238 g/mol. The minimum Gasteiger partial charge on any atom is -0.379 e. The van der Waals surface area contributed by atoms with Crippen LogP contribution < -0.4 is 0 Å². The van der Waals surface area contributed by atoms with Crippen LogP contribution in [-0.2, 0) is 4.74 Å². The van der Waals surface area contributed by atoms with E-state index in [1.165, 1.54) is 6.07 Å². The Morgan fingerprint density at radius 2 is 2.06 bits per heavy atom. The molecule has 0 radical (unpaired) electrons. The van der Waals surface area contributed by atoms with Crippen molar-refractivity contribution in [2.45, 2.75) is 39.2 Å². The third kappa shape index (κ3) is 3.93. The maximum Gasteiger partial charge on any atom is 0.163 e. The molecule has 0 aliphatic heterocycles. The molecule has 0 saturated heterocycles. The maximum absolute atomic E-state index is 13.3. The van der Waals surface area contributed by atoms with Gasteiger partial charge in [0.1, 0.15) is 5.82 Å². The highest BCUT2D eigenvalue weighted by atomic mass is 19.1. The Hall–Kier alpha value is -1.22. The van der Waals surface area contributed by atoms with E-state index in [-0.39, 0.29) is 17.2 Å². The molecule has 2 nitrogen and oxygen atoms in total. The molecule has 0 spiro atoms. The van der Waals surface area contributed by atoms with Crippen LogP contribution in [0.3, 0.4) is 0 Å². The molecule has 17 heavy (non-hydrogen) atoms. The lowest BCUT2D eigenvalue weighted by molar-refractivity contribution is 0.0141. The number of carbonyl (C=O) groups is 1. The second-order valence-electron chi connectivity index (χ2n) is 4.85. The zero-order valence-electron chi connectivity index (χ0n) is 10.8. The van der Waals surface area contributed by atoms with Crippen LogP contribution in [0.15, 0.2) is 18.2 Å². The van der Waals surface area contributed by atoms with Crippen molar-refractivity contribution in [3.8, 4) is 0 Å². The van der Waals surface area contributed by atoms with Crippen molar-refractivity contribution in [2.75, 3.05) is 7.11 Å². The number of halogens is 1. The average Bonchev–Trinajstić information content (AvgIpc) is 2.30. The molecule has 0 aliphatic carbocycles. The highest BCUT2D eigenvalue weighted by molar-refractivity contribution is 5.96. The lowest BCUT2D eigenvalue weighted by Crippen LogP contribution is -2.23. The molecule has 0 unspecified atom stereocenters. The van der Waals surface area contributed by atoms with Crippen molar-refractivity contribution < 1.29 is 13.9 Å². The Morgan fingerprint density at radius 3 is 2.59 bits per heavy atom. The summed E-state index contributed by atoms with van der Waals surface area (Å²) in [4.78, 5) is 11.8. The van der Waals surface area contributed by atoms with Crippen LogP contribution in [0.2, 0.25) is 0 Å². The number of methoxy groups -OCH3 is 1. The van der Waals surface area contributed by atoms with Gasteiger partial charge in [-0.15, -0.1) is 0 Å². The number of aryl methyl sites for hydroxylation is 1. The molecule has 3 heteroatoms. The first kappa shape index (κ1) is 13.8. The molecule has 1 rings (SSSR count). The number of carbonyl (C=O) groups excluding carboxylic acids is 1. The fourth-order valence-corrected chi connectivity index (χ4v) is 1.43. The van der Waals surface area contributed by atoms with E-state index >= 15 is 0 Å². The van der Waals surface area contributed by atoms with Gasteiger partial charge in [0.2, 0.25) is 0 Å². The quantitative estimate of drug-likeness (QED) is 0.734. The normalized spacial score (nSPS) is 11.6. The number of benzene rings is 1. The van der Waals surface area contributed by atoms with Gasteiger partial charge in [0, 0.05) is 19.1 Å². The molecule has 0 aromatic heterocycles. The Morgan fingerprint density at radius 1 is 1.41 bits per heavy atom. The van der Waals surface area contributed by atoms with Gasteiger partial charge in [0.05, 0.1) is 5.60 Å². The topological polar surface area (TPSA) is 26.3 Å². The minimum atomic E-state index is -0.332. The highest BCUT2D eigenvalue weighted by Crippen LogP contribution is 2.18. The van der Waals surface area contributed by atoms with Gasteiger partial charge in [0.15, 0.2) is 5.78 Å². The van der Waals surface area contributed by atoms with Gasteiger partial charge in [-0.3, -0.25) is 4.79 Å². The van der Waals surface area contributed by atoms with Gasteiger partial charge in [-0.2, -0.15) is 0 Å². The molecule has 0 heterocycles. The molecule has 0 atom stereocenters. The van der Waals surface area contributed by atoms with E-state index in [2.05, 4.69) is 0 Å². The van der Waals surface area contributed by atoms with E-state index < -0.39 is 0 Å². The summed E-state index contributed by atoms with van der Waals surface area (Å²) in [6, 6.07) is 4.60. The third-order valence-corrected chi connectivity index (χ3v) is 3.00. The summed E-state index contributed by atoms with van der Waals surface area (Å²) >= 11 is 0. The Kier molecular flexibility index (Phi) is 4.40. The summed E-state index contributed by atoms with van der Waals surface area (Å²) in [6.45, 7) is 5.53. The number of ether oxygens (including phenoxy) is 1. The smallest absolute Gasteiger partial charge is 0.163 e. The molecule has 94 valence electrons. The van der Waals surface area contributed by atoms with E-state index in [0.29, 0.717) is 24.0 Å². The molecule has 0 amide bonds. The molecule has 0 saturated carbocycles. The summed E-state index contributed by atoms with van der Waals surface area (Å²) in [6.07, 6.45) is 0.987. The van der Waals surface area contributed by atoms with Crippen molar-refractivity contribution in [1.82, 2.24) is 0 Å². The highest BCUT2D eigenvalue weighted by Gasteiger charge is 2.18. The van der Waals surface area contributed by atoms with Crippen LogP contribution in [0.1, 0.15) is 42.6 Å². The fourth-order valence-electron chi connectivity index (χ4n) is 1.43. The van der Waals surface area contributed by atoms with Crippen LogP contribution in [0.5, 0.6) is 0 Å². The molecule has 0 bridgehead atoms. The van der Waals surface area contributed by atoms with Crippen LogP contribution in [0, 0.1) is 12.7 Å². The van der Waals surface area contributed by atoms with E-state index in [1.807, 2.05) is 13.8 Å². The predicted octanol–water partition coefficient (Wildman–Crippen LogP) is 3.52. The molecular formula is C14H19FO2. The van der Waals surface area contributed by atoms with Gasteiger partial charge in [-0.1, -0.05) is 12.1 Å². The average molecular weight is 238 g/mol. The Labute approximate surface area is 102 Å². The zero-order chi connectivity index (χ0) is 13.1. The lowest BCUT2D eigenvalue weighted by atomic mass is 9.97. The SMILES string of the molecule is COC(C)(C)CCC(=O)c1ccc(C)c(F)c1. The molecule has 0 aliphatic rings. The Balaban J connectivity index is 2.68. The summed E-state index contributed by atoms with van der Waals surface area (Å²) in [5.74, 6) is -0.379. The summed E-state index contributed by atoms with van der Waals surface area (Å²) in [5, 5.41) is 0. The van der Waals surface area contributed by atoms with Crippen LogP contribution in [-0.4, -0.2) is 18.5 Å². The lowest BCUT2D eigenvalue weighted by Gasteiger charge is -2.22. The van der Waals surface area contributed by atoms with Gasteiger partial charge in [-0.05, 0) is 38.8 Å². The second-order valence-corrected chi connectivity index (χ2v) is 4.85. The first-order valence-corrected chi connectivity index (χ1v) is 5.70. The largest absolute Gasteiger partial charge is 0.379 e. The Bertz CT molecular complexity index is 411. The van der Waals surface area contributed by atoms with Crippen LogP contribution in [0.25, 0.3) is 0 Å². The van der Waals surface area contributed by atoms with Crippen molar-refractivity contribution in [3.05, 3.63) is 35.1 Å². The van der Waals surface area contributed by atoms with E-state index in [9.17, 15) is 9.18 Å². The molecule has 0 fully saturated rings. The third-order valence-electron chi connectivity index (χ3n) is 3.00. The van der Waals surface area contributed by atoms with Crippen LogP contribution >= 0.6 is 0 Å². The first-order valence-electron chi connectivity index (χ1n) is 5.70. The van der Waals surface area contributed by atoms with E-state index in [4.69, 9.17) is 4.74 Å². The number of ketones is 1. The number of hydrogen-bond acceptors (Lipinski definition) is 2. The van der Waals surface area contributed by atoms with Gasteiger partial charge in [0.25, 0.3) is 0 Å². The van der Waals surface area contributed by atoms with Crippen LogP contribution in [0.4, 0.5) is 4.39 Å². The number of rotatable bonds is 5. The maximum atomic E-state index is 13.3. The minimum absolute atomic E-state index is 0.0472. The molecular weight excluding hydrogens is 219 g/mol. The second kappa shape index (κ2) is 5.41. The number of hydrogen-bond donors (Lipinski definition) is 0. The molecule has 0 N–H and O–H groups in total. The zero-order valence-corrected chi connectivity index (χ0v) is 10.8. The van der Waals surface area contributed by atoms with Gasteiger partial charge < -0.3 is 4.74 Å². The van der Waals surface area contributed by atoms with Crippen molar-refractivity contribution in [1.29, 1.82) is 0 Å².